The van der Waals surface area contributed by atoms with Gasteiger partial charge in [0.05, 0.1) is 11.6 Å². The van der Waals surface area contributed by atoms with Crippen LogP contribution in [-0.2, 0) is 17.4 Å². The Morgan fingerprint density at radius 2 is 1.84 bits per heavy atom. The smallest absolute Gasteiger partial charge is 0.417 e. The minimum Gasteiger partial charge on any atom is -0.439 e. The number of benzene rings is 2. The molecule has 3 N–H and O–H groups in total. The first-order valence-corrected chi connectivity index (χ1v) is 9.24. The molecular weight excluding hydrogens is 414 g/mol. The van der Waals surface area contributed by atoms with Gasteiger partial charge in [-0.1, -0.05) is 18.2 Å². The number of anilines is 1. The SMILES string of the molecule is Cc1ccc(NC(=O)[C@@H](N)Cc2ccc(Oc3ccc(C(F)(F)F)cn3)cc2)cc1F. The molecule has 0 aliphatic rings. The van der Waals surface area contributed by atoms with Gasteiger partial charge in [0.15, 0.2) is 0 Å². The van der Waals surface area contributed by atoms with E-state index in [9.17, 15) is 22.4 Å². The number of nitrogens with one attached hydrogen (secondary N) is 1. The van der Waals surface area contributed by atoms with Gasteiger partial charge in [-0.25, -0.2) is 9.37 Å². The van der Waals surface area contributed by atoms with Gasteiger partial charge < -0.3 is 15.8 Å². The Kier molecular flexibility index (Phi) is 6.55. The molecule has 9 heteroatoms. The molecule has 0 bridgehead atoms. The van der Waals surface area contributed by atoms with Crippen LogP contribution in [0.3, 0.4) is 0 Å². The normalized spacial score (nSPS) is 12.3. The summed E-state index contributed by atoms with van der Waals surface area (Å²) in [5.74, 6) is -0.506. The number of hydrogen-bond acceptors (Lipinski definition) is 4. The van der Waals surface area contributed by atoms with Crippen molar-refractivity contribution in [2.75, 3.05) is 5.32 Å². The number of carbonyl (C=O) groups excluding carboxylic acids is 1. The van der Waals surface area contributed by atoms with Gasteiger partial charge in [0, 0.05) is 18.0 Å². The number of nitrogens with two attached hydrogens (primary N) is 1. The van der Waals surface area contributed by atoms with E-state index in [0.717, 1.165) is 17.7 Å². The summed E-state index contributed by atoms with van der Waals surface area (Å²) in [6, 6.07) is 12.1. The average molecular weight is 433 g/mol. The fourth-order valence-electron chi connectivity index (χ4n) is 2.67. The zero-order valence-corrected chi connectivity index (χ0v) is 16.4. The van der Waals surface area contributed by atoms with E-state index in [0.29, 0.717) is 23.2 Å². The fraction of sp³-hybridized carbons (Fsp3) is 0.182. The largest absolute Gasteiger partial charge is 0.439 e. The standard InChI is InChI=1S/C22H19F4N3O2/c1-13-2-6-16(11-18(13)23)29-21(30)19(27)10-14-3-7-17(8-4-14)31-20-9-5-15(12-28-20)22(24,25)26/h2-9,11-12,19H,10,27H2,1H3,(H,29,30)/t19-/m0/s1. The predicted octanol–water partition coefficient (Wildman–Crippen LogP) is 4.85. The number of ether oxygens (including phenoxy) is 1. The summed E-state index contributed by atoms with van der Waals surface area (Å²) in [7, 11) is 0. The van der Waals surface area contributed by atoms with Crippen LogP contribution in [0.4, 0.5) is 23.2 Å². The summed E-state index contributed by atoms with van der Waals surface area (Å²) < 4.78 is 56.7. The lowest BCUT2D eigenvalue weighted by Gasteiger charge is -2.13. The second-order valence-corrected chi connectivity index (χ2v) is 6.89. The molecule has 3 aromatic rings. The van der Waals surface area contributed by atoms with Crippen LogP contribution in [0.1, 0.15) is 16.7 Å². The maximum absolute atomic E-state index is 13.6. The summed E-state index contributed by atoms with van der Waals surface area (Å²) in [4.78, 5) is 15.9. The van der Waals surface area contributed by atoms with Crippen molar-refractivity contribution < 1.29 is 27.1 Å². The number of pyridine rings is 1. The van der Waals surface area contributed by atoms with Crippen molar-refractivity contribution in [1.29, 1.82) is 0 Å². The summed E-state index contributed by atoms with van der Waals surface area (Å²) in [5, 5.41) is 2.57. The molecule has 0 aliphatic carbocycles. The lowest BCUT2D eigenvalue weighted by Crippen LogP contribution is -2.37. The molecule has 0 saturated carbocycles. The number of aryl methyl sites for hydroxylation is 1. The van der Waals surface area contributed by atoms with Crippen LogP contribution in [0.2, 0.25) is 0 Å². The van der Waals surface area contributed by atoms with Gasteiger partial charge in [-0.2, -0.15) is 13.2 Å². The molecule has 0 unspecified atom stereocenters. The van der Waals surface area contributed by atoms with E-state index >= 15 is 0 Å². The molecule has 1 aromatic heterocycles. The highest BCUT2D eigenvalue weighted by Crippen LogP contribution is 2.30. The lowest BCUT2D eigenvalue weighted by atomic mass is 10.1. The fourth-order valence-corrected chi connectivity index (χ4v) is 2.67. The molecule has 3 rings (SSSR count). The maximum atomic E-state index is 13.6. The maximum Gasteiger partial charge on any atom is 0.417 e. The Morgan fingerprint density at radius 1 is 1.13 bits per heavy atom. The van der Waals surface area contributed by atoms with Crippen molar-refractivity contribution in [1.82, 2.24) is 4.98 Å². The van der Waals surface area contributed by atoms with Crippen molar-refractivity contribution in [2.45, 2.75) is 25.6 Å². The van der Waals surface area contributed by atoms with Crippen LogP contribution in [0.15, 0.2) is 60.8 Å². The molecule has 0 saturated heterocycles. The number of amides is 1. The third-order valence-electron chi connectivity index (χ3n) is 4.44. The van der Waals surface area contributed by atoms with Gasteiger partial charge in [0.25, 0.3) is 0 Å². The van der Waals surface area contributed by atoms with Crippen LogP contribution >= 0.6 is 0 Å². The Morgan fingerprint density at radius 3 is 2.42 bits per heavy atom. The number of rotatable bonds is 6. The minimum absolute atomic E-state index is 0.0159. The summed E-state index contributed by atoms with van der Waals surface area (Å²) in [6.07, 6.45) is -3.55. The number of alkyl halides is 3. The Hall–Kier alpha value is -3.46. The second kappa shape index (κ2) is 9.13. The molecule has 31 heavy (non-hydrogen) atoms. The molecule has 5 nitrogen and oxygen atoms in total. The highest BCUT2D eigenvalue weighted by Gasteiger charge is 2.30. The number of halogens is 4. The van der Waals surface area contributed by atoms with Crippen molar-refractivity contribution >= 4 is 11.6 Å². The highest BCUT2D eigenvalue weighted by atomic mass is 19.4. The number of nitrogens with zero attached hydrogens (tertiary/aromatic N) is 1. The molecule has 0 radical (unpaired) electrons. The summed E-state index contributed by atoms with van der Waals surface area (Å²) >= 11 is 0. The minimum atomic E-state index is -4.47. The highest BCUT2D eigenvalue weighted by molar-refractivity contribution is 5.94. The molecule has 0 fully saturated rings. The third kappa shape index (κ3) is 6.02. The van der Waals surface area contributed by atoms with Crippen LogP contribution in [-0.4, -0.2) is 16.9 Å². The molecule has 0 spiro atoms. The zero-order chi connectivity index (χ0) is 22.6. The van der Waals surface area contributed by atoms with Crippen LogP contribution in [0.5, 0.6) is 11.6 Å². The van der Waals surface area contributed by atoms with Gasteiger partial charge >= 0.3 is 6.18 Å². The van der Waals surface area contributed by atoms with E-state index in [1.165, 1.54) is 6.07 Å². The Bertz CT molecular complexity index is 1050. The first-order chi connectivity index (χ1) is 14.6. The quantitative estimate of drug-likeness (QED) is 0.545. The number of carbonyl (C=O) groups is 1. The van der Waals surface area contributed by atoms with Crippen molar-refractivity contribution in [3.05, 3.63) is 83.3 Å². The van der Waals surface area contributed by atoms with Crippen LogP contribution in [0.25, 0.3) is 0 Å². The van der Waals surface area contributed by atoms with Gasteiger partial charge in [-0.05, 0) is 54.8 Å². The van der Waals surface area contributed by atoms with Gasteiger partial charge in [-0.15, -0.1) is 0 Å². The van der Waals surface area contributed by atoms with E-state index in [1.54, 1.807) is 43.3 Å². The Balaban J connectivity index is 1.57. The van der Waals surface area contributed by atoms with E-state index in [-0.39, 0.29) is 12.3 Å². The lowest BCUT2D eigenvalue weighted by molar-refractivity contribution is -0.137. The van der Waals surface area contributed by atoms with Crippen molar-refractivity contribution in [2.24, 2.45) is 5.73 Å². The first kappa shape index (κ1) is 22.2. The Labute approximate surface area is 175 Å². The molecule has 1 atom stereocenters. The van der Waals surface area contributed by atoms with Gasteiger partial charge in [-0.3, -0.25) is 4.79 Å². The summed E-state index contributed by atoms with van der Waals surface area (Å²) in [6.45, 7) is 1.62. The topological polar surface area (TPSA) is 77.2 Å². The van der Waals surface area contributed by atoms with Gasteiger partial charge in [0.1, 0.15) is 11.6 Å². The monoisotopic (exact) mass is 433 g/mol. The van der Waals surface area contributed by atoms with E-state index < -0.39 is 29.5 Å². The molecule has 2 aromatic carbocycles. The van der Waals surface area contributed by atoms with E-state index in [2.05, 4.69) is 10.3 Å². The van der Waals surface area contributed by atoms with Gasteiger partial charge in [0.2, 0.25) is 11.8 Å². The van der Waals surface area contributed by atoms with Crippen LogP contribution < -0.4 is 15.8 Å². The molecule has 0 aliphatic heterocycles. The van der Waals surface area contributed by atoms with Crippen LogP contribution in [0, 0.1) is 12.7 Å². The molecule has 162 valence electrons. The van der Waals surface area contributed by atoms with Crippen molar-refractivity contribution in [3.63, 3.8) is 0 Å². The number of aromatic nitrogens is 1. The second-order valence-electron chi connectivity index (χ2n) is 6.89. The molecule has 1 heterocycles. The van der Waals surface area contributed by atoms with Crippen molar-refractivity contribution in [3.8, 4) is 11.6 Å². The molecule has 1 amide bonds. The van der Waals surface area contributed by atoms with E-state index in [1.807, 2.05) is 0 Å². The number of hydrogen-bond donors (Lipinski definition) is 2. The van der Waals surface area contributed by atoms with E-state index in [4.69, 9.17) is 10.5 Å². The zero-order valence-electron chi connectivity index (χ0n) is 16.4. The predicted molar refractivity (Wildman–Crippen MR) is 107 cm³/mol. The average Bonchev–Trinajstić information content (AvgIpc) is 2.72. The molecular formula is C22H19F4N3O2. The third-order valence-corrected chi connectivity index (χ3v) is 4.44. The summed E-state index contributed by atoms with van der Waals surface area (Å²) in [5.41, 5.74) is 6.60. The first-order valence-electron chi connectivity index (χ1n) is 9.24.